The maximum Gasteiger partial charge on any atom is 0.269 e. The van der Waals surface area contributed by atoms with Gasteiger partial charge in [0.1, 0.15) is 4.03 Å². The SMILES string of the molecule is BrP(Br)Br.O=[N+]([O-])c1ccc(CBr)c(CBr)c1. The number of hydrogen-bond acceptors (Lipinski definition) is 2. The van der Waals surface area contributed by atoms with E-state index >= 15 is 0 Å². The van der Waals surface area contributed by atoms with E-state index in [4.69, 9.17) is 0 Å². The molecule has 0 spiro atoms. The van der Waals surface area contributed by atoms with Crippen LogP contribution in [0.4, 0.5) is 5.69 Å². The fourth-order valence-corrected chi connectivity index (χ4v) is 2.05. The van der Waals surface area contributed by atoms with Crippen molar-refractivity contribution in [3.05, 3.63) is 39.4 Å². The van der Waals surface area contributed by atoms with Gasteiger partial charge >= 0.3 is 0 Å². The minimum Gasteiger partial charge on any atom is -0.258 e. The van der Waals surface area contributed by atoms with Gasteiger partial charge < -0.3 is 0 Å². The molecule has 1 rings (SSSR count). The molecule has 96 valence electrons. The first-order valence-electron chi connectivity index (χ1n) is 4.08. The van der Waals surface area contributed by atoms with Crippen LogP contribution in [0.5, 0.6) is 0 Å². The van der Waals surface area contributed by atoms with Gasteiger partial charge in [0, 0.05) is 22.8 Å². The topological polar surface area (TPSA) is 43.1 Å². The zero-order chi connectivity index (χ0) is 13.4. The molecule has 0 unspecified atom stereocenters. The molecule has 0 heterocycles. The Morgan fingerprint density at radius 2 is 1.59 bits per heavy atom. The van der Waals surface area contributed by atoms with Crippen LogP contribution in [-0.2, 0) is 10.7 Å². The quantitative estimate of drug-likeness (QED) is 0.172. The summed E-state index contributed by atoms with van der Waals surface area (Å²) in [6.07, 6.45) is 0. The first kappa shape index (κ1) is 18.4. The third-order valence-electron chi connectivity index (χ3n) is 1.69. The van der Waals surface area contributed by atoms with Crippen molar-refractivity contribution in [3.8, 4) is 0 Å². The van der Waals surface area contributed by atoms with E-state index in [2.05, 4.69) is 78.3 Å². The van der Waals surface area contributed by atoms with Crippen LogP contribution in [0.25, 0.3) is 0 Å². The molecule has 1 aromatic rings. The van der Waals surface area contributed by atoms with E-state index in [1.165, 1.54) is 6.07 Å². The molecule has 0 aromatic heterocycles. The lowest BCUT2D eigenvalue weighted by Crippen LogP contribution is -1.92. The van der Waals surface area contributed by atoms with Crippen molar-refractivity contribution in [2.45, 2.75) is 10.7 Å². The number of halogens is 5. The van der Waals surface area contributed by atoms with Crippen LogP contribution in [-0.4, -0.2) is 4.92 Å². The first-order valence-corrected chi connectivity index (χ1v) is 13.7. The van der Waals surface area contributed by atoms with E-state index in [9.17, 15) is 10.1 Å². The number of benzene rings is 1. The summed E-state index contributed by atoms with van der Waals surface area (Å²) >= 11 is 16.1. The maximum absolute atomic E-state index is 10.4. The van der Waals surface area contributed by atoms with Gasteiger partial charge in [0.25, 0.3) is 5.69 Å². The highest BCUT2D eigenvalue weighted by Gasteiger charge is 2.08. The molecule has 0 aliphatic rings. The molecule has 0 radical (unpaired) electrons. The van der Waals surface area contributed by atoms with Crippen LogP contribution >= 0.6 is 82.4 Å². The zero-order valence-electron chi connectivity index (χ0n) is 8.25. The molecule has 0 aliphatic carbocycles. The zero-order valence-corrected chi connectivity index (χ0v) is 17.1. The highest BCUT2D eigenvalue weighted by Crippen LogP contribution is 2.59. The van der Waals surface area contributed by atoms with Crippen molar-refractivity contribution >= 4 is 88.0 Å². The summed E-state index contributed by atoms with van der Waals surface area (Å²) in [4.78, 5) is 10.1. The second-order valence-corrected chi connectivity index (χ2v) is 19.1. The van der Waals surface area contributed by atoms with E-state index in [0.717, 1.165) is 11.1 Å². The van der Waals surface area contributed by atoms with Crippen molar-refractivity contribution < 1.29 is 4.92 Å². The smallest absolute Gasteiger partial charge is 0.258 e. The fraction of sp³-hybridized carbons (Fsp3) is 0.250. The average molecular weight is 580 g/mol. The van der Waals surface area contributed by atoms with E-state index in [0.29, 0.717) is 10.7 Å². The molecule has 0 N–H and O–H groups in total. The van der Waals surface area contributed by atoms with Crippen molar-refractivity contribution in [1.82, 2.24) is 0 Å². The van der Waals surface area contributed by atoms with Crippen molar-refractivity contribution in [3.63, 3.8) is 0 Å². The van der Waals surface area contributed by atoms with Crippen LogP contribution in [0, 0.1) is 10.1 Å². The Kier molecular flexibility index (Phi) is 11.1. The number of nitro groups is 1. The Hall–Kier alpha value is 1.45. The predicted octanol–water partition coefficient (Wildman–Crippen LogP) is 6.78. The highest BCUT2D eigenvalue weighted by molar-refractivity contribution is 9.93. The number of hydrogen-bond donors (Lipinski definition) is 0. The number of non-ortho nitro benzene ring substituents is 1. The third kappa shape index (κ3) is 8.26. The van der Waals surface area contributed by atoms with Crippen LogP contribution in [0.15, 0.2) is 18.2 Å². The van der Waals surface area contributed by atoms with Gasteiger partial charge in [-0.3, -0.25) is 10.1 Å². The Morgan fingerprint density at radius 1 is 1.12 bits per heavy atom. The van der Waals surface area contributed by atoms with Crippen LogP contribution in [0.3, 0.4) is 0 Å². The molecule has 17 heavy (non-hydrogen) atoms. The van der Waals surface area contributed by atoms with Gasteiger partial charge in [-0.15, -0.1) is 0 Å². The summed E-state index contributed by atoms with van der Waals surface area (Å²) in [5, 5.41) is 11.8. The van der Waals surface area contributed by atoms with Gasteiger partial charge in [0.05, 0.1) is 4.92 Å². The summed E-state index contributed by atoms with van der Waals surface area (Å²) in [5.41, 5.74) is 2.16. The minimum absolute atomic E-state index is 0.138. The number of nitro benzene ring substituents is 1. The van der Waals surface area contributed by atoms with E-state index in [1.807, 2.05) is 0 Å². The lowest BCUT2D eigenvalue weighted by atomic mass is 10.1. The predicted molar refractivity (Wildman–Crippen MR) is 92.1 cm³/mol. The van der Waals surface area contributed by atoms with Gasteiger partial charge in [0.2, 0.25) is 0 Å². The summed E-state index contributed by atoms with van der Waals surface area (Å²) < 4.78 is -0.183. The molecule has 3 nitrogen and oxygen atoms in total. The van der Waals surface area contributed by atoms with E-state index in [-0.39, 0.29) is 14.6 Å². The van der Waals surface area contributed by atoms with Crippen molar-refractivity contribution in [1.29, 1.82) is 0 Å². The molecule has 0 atom stereocenters. The normalized spacial score (nSPS) is 9.76. The average Bonchev–Trinajstić information content (AvgIpc) is 2.27. The van der Waals surface area contributed by atoms with Crippen LogP contribution in [0.2, 0.25) is 0 Å². The van der Waals surface area contributed by atoms with Crippen LogP contribution < -0.4 is 0 Å². The number of nitrogens with zero attached hydrogens (tertiary/aromatic N) is 1. The molecule has 0 saturated carbocycles. The van der Waals surface area contributed by atoms with Crippen LogP contribution in [0.1, 0.15) is 11.1 Å². The molecule has 0 aliphatic heterocycles. The van der Waals surface area contributed by atoms with Gasteiger partial charge in [-0.2, -0.15) is 0 Å². The summed E-state index contributed by atoms with van der Waals surface area (Å²) in [6, 6.07) is 4.87. The van der Waals surface area contributed by atoms with Gasteiger partial charge in [-0.05, 0) is 57.6 Å². The number of rotatable bonds is 3. The Morgan fingerprint density at radius 3 is 1.94 bits per heavy atom. The van der Waals surface area contributed by atoms with E-state index in [1.54, 1.807) is 12.1 Å². The maximum atomic E-state index is 10.4. The lowest BCUT2D eigenvalue weighted by Gasteiger charge is -2.02. The largest absolute Gasteiger partial charge is 0.269 e. The Balaban J connectivity index is 0.000000557. The molecule has 0 bridgehead atoms. The molecule has 0 amide bonds. The molecular formula is C8H7Br5NO2P. The minimum atomic E-state index is -0.385. The molecular weight excluding hydrogens is 573 g/mol. The molecule has 0 saturated heterocycles. The molecule has 1 aromatic carbocycles. The van der Waals surface area contributed by atoms with E-state index < -0.39 is 0 Å². The summed E-state index contributed by atoms with van der Waals surface area (Å²) in [5.74, 6) is 0. The monoisotopic (exact) mass is 575 g/mol. The molecule has 9 heteroatoms. The third-order valence-corrected chi connectivity index (χ3v) is 2.90. The first-order chi connectivity index (χ1) is 7.92. The Labute approximate surface area is 141 Å². The van der Waals surface area contributed by atoms with Gasteiger partial charge in [0.15, 0.2) is 0 Å². The van der Waals surface area contributed by atoms with Gasteiger partial charge in [-0.1, -0.05) is 37.9 Å². The summed E-state index contributed by atoms with van der Waals surface area (Å²) in [6.45, 7) is 0. The molecule has 0 fully saturated rings. The standard InChI is InChI=1S/C8H7Br2NO2.Br3P/c9-4-6-1-2-8(11(12)13)3-7(6)5-10;1-4(2)3/h1-3H,4-5H2;. The van der Waals surface area contributed by atoms with Crippen molar-refractivity contribution in [2.24, 2.45) is 0 Å². The Bertz CT molecular complexity index is 374. The van der Waals surface area contributed by atoms with Crippen molar-refractivity contribution in [2.75, 3.05) is 0 Å². The van der Waals surface area contributed by atoms with Gasteiger partial charge in [-0.25, -0.2) is 0 Å². The lowest BCUT2D eigenvalue weighted by molar-refractivity contribution is -0.384. The summed E-state index contributed by atoms with van der Waals surface area (Å²) in [7, 11) is 0. The number of alkyl halides is 2. The fourth-order valence-electron chi connectivity index (χ4n) is 0.981. The second-order valence-electron chi connectivity index (χ2n) is 2.67. The second kappa shape index (κ2) is 10.3. The highest BCUT2D eigenvalue weighted by atomic mass is 80.0.